The van der Waals surface area contributed by atoms with E-state index in [4.69, 9.17) is 4.74 Å². The predicted octanol–water partition coefficient (Wildman–Crippen LogP) is 1.23. The first kappa shape index (κ1) is 17.8. The number of carbonyl (C=O) groups is 1. The van der Waals surface area contributed by atoms with Gasteiger partial charge in [-0.2, -0.15) is 17.0 Å². The maximum Gasteiger partial charge on any atom is 0.414 e. The number of hydrogen-bond donors (Lipinski definition) is 1. The molecule has 1 N–H and O–H groups in total. The van der Waals surface area contributed by atoms with Crippen molar-refractivity contribution in [3.8, 4) is 5.88 Å². The summed E-state index contributed by atoms with van der Waals surface area (Å²) in [5, 5.41) is 2.74. The molecule has 0 saturated heterocycles. The van der Waals surface area contributed by atoms with E-state index in [1.807, 2.05) is 12.1 Å². The van der Waals surface area contributed by atoms with Crippen LogP contribution in [0.5, 0.6) is 5.88 Å². The van der Waals surface area contributed by atoms with Crippen molar-refractivity contribution in [3.63, 3.8) is 0 Å². The molecule has 0 spiro atoms. The van der Waals surface area contributed by atoms with Gasteiger partial charge in [0.05, 0.1) is 5.69 Å². The monoisotopic (exact) mass is 366 g/mol. The van der Waals surface area contributed by atoms with Crippen LogP contribution < -0.4 is 10.1 Å². The van der Waals surface area contributed by atoms with Gasteiger partial charge in [0.1, 0.15) is 0 Å². The molecule has 3 rings (SSSR count). The zero-order valence-electron chi connectivity index (χ0n) is 14.3. The largest absolute Gasteiger partial charge is 0.414 e. The van der Waals surface area contributed by atoms with Crippen molar-refractivity contribution in [2.75, 3.05) is 27.2 Å². The van der Waals surface area contributed by atoms with Crippen LogP contribution >= 0.6 is 0 Å². The van der Waals surface area contributed by atoms with Crippen LogP contribution in [-0.2, 0) is 10.2 Å². The van der Waals surface area contributed by atoms with Gasteiger partial charge in [-0.25, -0.2) is 9.78 Å². The van der Waals surface area contributed by atoms with Crippen LogP contribution in [0.2, 0.25) is 0 Å². The molecule has 1 aliphatic heterocycles. The molecule has 25 heavy (non-hydrogen) atoms. The molecule has 1 aromatic heterocycles. The van der Waals surface area contributed by atoms with Gasteiger partial charge in [-0.05, 0) is 30.9 Å². The molecule has 8 nitrogen and oxygen atoms in total. The van der Waals surface area contributed by atoms with Gasteiger partial charge in [-0.1, -0.05) is 12.1 Å². The minimum absolute atomic E-state index is 0.223. The number of carbonyl (C=O) groups excluding carboxylic acids is 1. The topological polar surface area (TPSA) is 91.8 Å². The highest BCUT2D eigenvalue weighted by atomic mass is 32.2. The number of ether oxygens (including phenoxy) is 1. The Balaban J connectivity index is 1.67. The van der Waals surface area contributed by atoms with Crippen molar-refractivity contribution in [2.45, 2.75) is 25.3 Å². The molecule has 2 heterocycles. The van der Waals surface area contributed by atoms with E-state index in [-0.39, 0.29) is 11.9 Å². The van der Waals surface area contributed by atoms with Crippen molar-refractivity contribution in [3.05, 3.63) is 30.0 Å². The second-order valence-corrected chi connectivity index (χ2v) is 8.44. The zero-order chi connectivity index (χ0) is 18.0. The van der Waals surface area contributed by atoms with Gasteiger partial charge in [-0.15, -0.1) is 0 Å². The second kappa shape index (κ2) is 7.11. The van der Waals surface area contributed by atoms with Crippen molar-refractivity contribution in [1.82, 2.24) is 18.9 Å². The molecule has 0 unspecified atom stereocenters. The zero-order valence-corrected chi connectivity index (χ0v) is 15.1. The normalized spacial score (nSPS) is 18.8. The van der Waals surface area contributed by atoms with Gasteiger partial charge < -0.3 is 10.1 Å². The highest BCUT2D eigenvalue weighted by Gasteiger charge is 2.27. The Bertz CT molecular complexity index is 787. The fourth-order valence-corrected chi connectivity index (χ4v) is 3.54. The van der Waals surface area contributed by atoms with Crippen LogP contribution in [-0.4, -0.2) is 61.3 Å². The summed E-state index contributed by atoms with van der Waals surface area (Å²) in [6.07, 6.45) is 3.88. The quantitative estimate of drug-likeness (QED) is 0.846. The lowest BCUT2D eigenvalue weighted by Gasteiger charge is -2.28. The van der Waals surface area contributed by atoms with E-state index in [1.165, 1.54) is 22.7 Å². The average molecular weight is 366 g/mol. The van der Waals surface area contributed by atoms with Gasteiger partial charge >= 0.3 is 6.09 Å². The second-order valence-electron chi connectivity index (χ2n) is 6.30. The minimum atomic E-state index is -3.41. The maximum absolute atomic E-state index is 12.1. The minimum Gasteiger partial charge on any atom is -0.391 e. The Morgan fingerprint density at radius 1 is 1.36 bits per heavy atom. The molecule has 1 amide bonds. The Kier molecular flexibility index (Phi) is 5.07. The van der Waals surface area contributed by atoms with Crippen molar-refractivity contribution >= 4 is 21.9 Å². The maximum atomic E-state index is 12.1. The smallest absolute Gasteiger partial charge is 0.391 e. The number of hydrogen-bond acceptors (Lipinski definition) is 5. The van der Waals surface area contributed by atoms with Gasteiger partial charge in [-0.3, -0.25) is 0 Å². The van der Waals surface area contributed by atoms with E-state index in [1.54, 1.807) is 12.1 Å². The molecular weight excluding hydrogens is 344 g/mol. The van der Waals surface area contributed by atoms with E-state index in [2.05, 4.69) is 10.3 Å². The molecule has 136 valence electrons. The van der Waals surface area contributed by atoms with E-state index in [0.717, 1.165) is 18.4 Å². The van der Waals surface area contributed by atoms with Gasteiger partial charge in [0.25, 0.3) is 10.2 Å². The van der Waals surface area contributed by atoms with Crippen molar-refractivity contribution < 1.29 is 17.9 Å². The Morgan fingerprint density at radius 3 is 2.72 bits per heavy atom. The fourth-order valence-electron chi connectivity index (χ4n) is 2.49. The lowest BCUT2D eigenvalue weighted by molar-refractivity contribution is 0.198. The molecule has 1 aromatic rings. The van der Waals surface area contributed by atoms with Crippen LogP contribution in [0.3, 0.4) is 0 Å². The summed E-state index contributed by atoms with van der Waals surface area (Å²) >= 11 is 0. The Morgan fingerprint density at radius 2 is 2.12 bits per heavy atom. The first-order chi connectivity index (χ1) is 11.9. The number of rotatable bonds is 5. The summed E-state index contributed by atoms with van der Waals surface area (Å²) in [5.41, 5.74) is 1.64. The third-order valence-corrected chi connectivity index (χ3v) is 6.02. The lowest BCUT2D eigenvalue weighted by Crippen LogP contribution is -2.42. The van der Waals surface area contributed by atoms with Crippen LogP contribution in [0.4, 0.5) is 4.79 Å². The van der Waals surface area contributed by atoms with Crippen molar-refractivity contribution in [2.24, 2.45) is 0 Å². The molecule has 1 aliphatic carbocycles. The third kappa shape index (κ3) is 4.36. The molecule has 1 saturated carbocycles. The van der Waals surface area contributed by atoms with Gasteiger partial charge in [0.2, 0.25) is 5.88 Å². The number of nitrogens with zero attached hydrogens (tertiary/aromatic N) is 3. The third-order valence-electron chi connectivity index (χ3n) is 4.11. The van der Waals surface area contributed by atoms with E-state index in [9.17, 15) is 13.2 Å². The Labute approximate surface area is 147 Å². The number of pyridine rings is 1. The van der Waals surface area contributed by atoms with Crippen LogP contribution in [0.1, 0.15) is 25.0 Å². The molecule has 0 atom stereocenters. The summed E-state index contributed by atoms with van der Waals surface area (Å²) < 4.78 is 32.1. The van der Waals surface area contributed by atoms with E-state index >= 15 is 0 Å². The summed E-state index contributed by atoms with van der Waals surface area (Å²) in [6, 6.07) is 5.45. The molecule has 0 aromatic carbocycles. The molecule has 0 radical (unpaired) electrons. The molecule has 9 heteroatoms. The highest BCUT2D eigenvalue weighted by molar-refractivity contribution is 7.86. The van der Waals surface area contributed by atoms with E-state index in [0.29, 0.717) is 25.2 Å². The van der Waals surface area contributed by atoms with Crippen LogP contribution in [0.25, 0.3) is 5.57 Å². The average Bonchev–Trinajstić information content (AvgIpc) is 3.39. The fraction of sp³-hybridized carbons (Fsp3) is 0.500. The molecule has 1 fully saturated rings. The molecular formula is C16H22N4O4S. The lowest BCUT2D eigenvalue weighted by atomic mass is 10.1. The standard InChI is InChI=1S/C16H22N4O4S/c1-19(2)25(22,23)20-10-8-12(9-11-20)14-4-3-5-15(18-14)24-16(21)17-13-6-7-13/h3-5,8,13H,6-7,9-11H2,1-2H3,(H,17,21). The highest BCUT2D eigenvalue weighted by Crippen LogP contribution is 2.24. The van der Waals surface area contributed by atoms with Crippen LogP contribution in [0, 0.1) is 0 Å². The van der Waals surface area contributed by atoms with Gasteiger partial charge in [0.15, 0.2) is 0 Å². The van der Waals surface area contributed by atoms with Crippen LogP contribution in [0.15, 0.2) is 24.3 Å². The number of aromatic nitrogens is 1. The first-order valence-corrected chi connectivity index (χ1v) is 9.58. The summed E-state index contributed by atoms with van der Waals surface area (Å²) in [7, 11) is -0.376. The van der Waals surface area contributed by atoms with E-state index < -0.39 is 16.3 Å². The number of nitrogens with one attached hydrogen (secondary N) is 1. The molecule has 0 bridgehead atoms. The number of amides is 1. The summed E-state index contributed by atoms with van der Waals surface area (Å²) in [5.74, 6) is 0.236. The predicted molar refractivity (Wildman–Crippen MR) is 93.2 cm³/mol. The molecule has 2 aliphatic rings. The first-order valence-electron chi connectivity index (χ1n) is 8.18. The summed E-state index contributed by atoms with van der Waals surface area (Å²) in [6.45, 7) is 0.687. The van der Waals surface area contributed by atoms with Crippen molar-refractivity contribution in [1.29, 1.82) is 0 Å². The SMILES string of the molecule is CN(C)S(=O)(=O)N1CC=C(c2cccc(OC(=O)NC3CC3)n2)CC1. The Hall–Kier alpha value is -1.97. The van der Waals surface area contributed by atoms with Gasteiger partial charge in [0, 0.05) is 39.3 Å². The summed E-state index contributed by atoms with van der Waals surface area (Å²) in [4.78, 5) is 16.1.